The quantitative estimate of drug-likeness (QED) is 0.908. The maximum Gasteiger partial charge on any atom is 0.114 e. The molecule has 0 atom stereocenters. The second kappa shape index (κ2) is 6.07. The lowest BCUT2D eigenvalue weighted by molar-refractivity contribution is 0.0361. The minimum absolute atomic E-state index is 0.0996. The first kappa shape index (κ1) is 15.0. The molecule has 0 aromatic carbocycles. The van der Waals surface area contributed by atoms with Crippen molar-refractivity contribution in [1.82, 2.24) is 19.8 Å². The van der Waals surface area contributed by atoms with E-state index in [1.807, 2.05) is 0 Å². The maximum absolute atomic E-state index is 5.44. The summed E-state index contributed by atoms with van der Waals surface area (Å²) in [7, 11) is 0. The summed E-state index contributed by atoms with van der Waals surface area (Å²) >= 11 is 0. The van der Waals surface area contributed by atoms with Crippen molar-refractivity contribution in [3.8, 4) is 0 Å². The van der Waals surface area contributed by atoms with Gasteiger partial charge >= 0.3 is 0 Å². The van der Waals surface area contributed by atoms with Gasteiger partial charge in [0.2, 0.25) is 0 Å². The fourth-order valence-corrected chi connectivity index (χ4v) is 3.25. The Morgan fingerprint density at radius 2 is 1.95 bits per heavy atom. The van der Waals surface area contributed by atoms with Crippen LogP contribution in [0.15, 0.2) is 0 Å². The van der Waals surface area contributed by atoms with E-state index < -0.39 is 0 Å². The fraction of sp³-hybridized carbons (Fsp3) is 0.812. The number of nitrogens with one attached hydrogen (secondary N) is 1. The normalized spacial score (nSPS) is 20.5. The summed E-state index contributed by atoms with van der Waals surface area (Å²) in [6.07, 6.45) is 1.10. The monoisotopic (exact) mass is 292 g/mol. The number of rotatable bonds is 3. The number of imidazole rings is 1. The summed E-state index contributed by atoms with van der Waals surface area (Å²) < 4.78 is 7.93. The minimum atomic E-state index is 0.0996. The van der Waals surface area contributed by atoms with Gasteiger partial charge in [-0.2, -0.15) is 0 Å². The van der Waals surface area contributed by atoms with Gasteiger partial charge in [-0.15, -0.1) is 0 Å². The van der Waals surface area contributed by atoms with Gasteiger partial charge in [-0.25, -0.2) is 4.98 Å². The number of ether oxygens (including phenoxy) is 1. The van der Waals surface area contributed by atoms with Crippen LogP contribution in [0.2, 0.25) is 0 Å². The van der Waals surface area contributed by atoms with E-state index in [0.29, 0.717) is 0 Å². The van der Waals surface area contributed by atoms with Crippen LogP contribution in [0.3, 0.4) is 0 Å². The molecule has 118 valence electrons. The molecule has 5 nitrogen and oxygen atoms in total. The molecule has 0 unspecified atom stereocenters. The van der Waals surface area contributed by atoms with E-state index in [4.69, 9.17) is 9.72 Å². The van der Waals surface area contributed by atoms with Crippen molar-refractivity contribution in [1.29, 1.82) is 0 Å². The Hall–Kier alpha value is -0.910. The van der Waals surface area contributed by atoms with Gasteiger partial charge in [-0.3, -0.25) is 4.90 Å². The summed E-state index contributed by atoms with van der Waals surface area (Å²) in [6, 6.07) is 0. The van der Waals surface area contributed by atoms with Crippen molar-refractivity contribution in [3.05, 3.63) is 17.2 Å². The molecule has 0 saturated carbocycles. The van der Waals surface area contributed by atoms with Crippen molar-refractivity contribution < 1.29 is 4.74 Å². The maximum atomic E-state index is 5.44. The zero-order chi connectivity index (χ0) is 14.9. The molecule has 0 aliphatic carbocycles. The Bertz CT molecular complexity index is 483. The van der Waals surface area contributed by atoms with E-state index in [1.165, 1.54) is 17.2 Å². The average molecular weight is 292 g/mol. The van der Waals surface area contributed by atoms with Crippen LogP contribution in [0.4, 0.5) is 0 Å². The molecule has 1 fully saturated rings. The van der Waals surface area contributed by atoms with Gasteiger partial charge in [-0.1, -0.05) is 20.8 Å². The van der Waals surface area contributed by atoms with Gasteiger partial charge in [0.15, 0.2) is 0 Å². The highest BCUT2D eigenvalue weighted by Gasteiger charge is 2.27. The molecule has 0 amide bonds. The molecule has 0 radical (unpaired) electrons. The van der Waals surface area contributed by atoms with Gasteiger partial charge in [0, 0.05) is 56.8 Å². The number of nitrogens with zero attached hydrogens (tertiary/aromatic N) is 3. The van der Waals surface area contributed by atoms with Crippen molar-refractivity contribution in [2.45, 2.75) is 45.7 Å². The van der Waals surface area contributed by atoms with E-state index in [1.54, 1.807) is 0 Å². The molecular weight excluding hydrogens is 264 g/mol. The standard InChI is InChI=1S/C16H28N4O/c1-16(2,3)15-18-13-12-17-5-4-14(13)20(15)7-6-19-8-10-21-11-9-19/h17H,4-12H2,1-3H3. The number of hydrogen-bond acceptors (Lipinski definition) is 4. The third-order valence-corrected chi connectivity index (χ3v) is 4.40. The summed E-state index contributed by atoms with van der Waals surface area (Å²) in [6.45, 7) is 14.8. The molecule has 2 aliphatic rings. The lowest BCUT2D eigenvalue weighted by Gasteiger charge is -2.28. The lowest BCUT2D eigenvalue weighted by Crippen LogP contribution is -2.39. The van der Waals surface area contributed by atoms with Crippen molar-refractivity contribution in [2.75, 3.05) is 39.4 Å². The molecule has 1 saturated heterocycles. The summed E-state index contributed by atoms with van der Waals surface area (Å²) in [5.41, 5.74) is 2.81. The SMILES string of the molecule is CC(C)(C)c1nc2c(n1CCN1CCOCC1)CCNC2. The van der Waals surface area contributed by atoms with Gasteiger partial charge in [0.25, 0.3) is 0 Å². The van der Waals surface area contributed by atoms with Gasteiger partial charge in [-0.05, 0) is 0 Å². The Morgan fingerprint density at radius 1 is 1.19 bits per heavy atom. The molecule has 1 aromatic heterocycles. The Labute approximate surface area is 127 Å². The van der Waals surface area contributed by atoms with E-state index >= 15 is 0 Å². The van der Waals surface area contributed by atoms with Crippen LogP contribution < -0.4 is 5.32 Å². The minimum Gasteiger partial charge on any atom is -0.379 e. The highest BCUT2D eigenvalue weighted by Crippen LogP contribution is 2.26. The highest BCUT2D eigenvalue weighted by atomic mass is 16.5. The zero-order valence-corrected chi connectivity index (χ0v) is 13.6. The molecule has 2 aliphatic heterocycles. The van der Waals surface area contributed by atoms with Crippen LogP contribution in [-0.2, 0) is 29.7 Å². The highest BCUT2D eigenvalue weighted by molar-refractivity contribution is 5.23. The topological polar surface area (TPSA) is 42.3 Å². The molecule has 5 heteroatoms. The van der Waals surface area contributed by atoms with Crippen LogP contribution in [-0.4, -0.2) is 53.8 Å². The van der Waals surface area contributed by atoms with Crippen LogP contribution in [0.5, 0.6) is 0 Å². The zero-order valence-electron chi connectivity index (χ0n) is 13.6. The first-order valence-electron chi connectivity index (χ1n) is 8.15. The number of hydrogen-bond donors (Lipinski definition) is 1. The summed E-state index contributed by atoms with van der Waals surface area (Å²) in [5, 5.41) is 3.44. The van der Waals surface area contributed by atoms with Crippen LogP contribution in [0, 0.1) is 0 Å². The molecule has 0 bridgehead atoms. The smallest absolute Gasteiger partial charge is 0.114 e. The van der Waals surface area contributed by atoms with E-state index in [0.717, 1.165) is 58.9 Å². The predicted molar refractivity (Wildman–Crippen MR) is 83.6 cm³/mol. The predicted octanol–water partition coefficient (Wildman–Crippen LogP) is 1.16. The first-order valence-corrected chi connectivity index (χ1v) is 8.15. The lowest BCUT2D eigenvalue weighted by atomic mass is 9.95. The Morgan fingerprint density at radius 3 is 2.67 bits per heavy atom. The second-order valence-corrected chi connectivity index (χ2v) is 7.11. The Kier molecular flexibility index (Phi) is 4.33. The van der Waals surface area contributed by atoms with Crippen molar-refractivity contribution in [3.63, 3.8) is 0 Å². The van der Waals surface area contributed by atoms with Crippen molar-refractivity contribution >= 4 is 0 Å². The van der Waals surface area contributed by atoms with Gasteiger partial charge in [0.05, 0.1) is 18.9 Å². The summed E-state index contributed by atoms with van der Waals surface area (Å²) in [5.74, 6) is 1.24. The molecule has 3 heterocycles. The number of fused-ring (bicyclic) bond motifs is 1. The molecular formula is C16H28N4O. The largest absolute Gasteiger partial charge is 0.379 e. The second-order valence-electron chi connectivity index (χ2n) is 7.11. The molecule has 21 heavy (non-hydrogen) atoms. The number of morpholine rings is 1. The van der Waals surface area contributed by atoms with Crippen molar-refractivity contribution in [2.24, 2.45) is 0 Å². The Balaban J connectivity index is 1.79. The molecule has 1 aromatic rings. The van der Waals surface area contributed by atoms with Crippen LogP contribution >= 0.6 is 0 Å². The average Bonchev–Trinajstić information content (AvgIpc) is 2.85. The fourth-order valence-electron chi connectivity index (χ4n) is 3.25. The van der Waals surface area contributed by atoms with E-state index in [-0.39, 0.29) is 5.41 Å². The van der Waals surface area contributed by atoms with Gasteiger partial charge in [0.1, 0.15) is 5.82 Å². The molecule has 1 N–H and O–H groups in total. The third-order valence-electron chi connectivity index (χ3n) is 4.40. The number of aromatic nitrogens is 2. The van der Waals surface area contributed by atoms with Gasteiger partial charge < -0.3 is 14.6 Å². The summed E-state index contributed by atoms with van der Waals surface area (Å²) in [4.78, 5) is 7.45. The third kappa shape index (κ3) is 3.30. The van der Waals surface area contributed by atoms with E-state index in [2.05, 4.69) is 35.6 Å². The molecule has 3 rings (SSSR count). The first-order chi connectivity index (χ1) is 10.1. The molecule has 0 spiro atoms. The van der Waals surface area contributed by atoms with E-state index in [9.17, 15) is 0 Å². The van der Waals surface area contributed by atoms with Crippen LogP contribution in [0.1, 0.15) is 38.0 Å². The van der Waals surface area contributed by atoms with Crippen LogP contribution in [0.25, 0.3) is 0 Å².